The Morgan fingerprint density at radius 3 is 2.82 bits per heavy atom. The standard InChI is InChI=1S/C21H22F2N2O3/c1-11-19-17(26)3-2-4-18(19)28-20(11)21(27)25-16-10-24-8-7-13(16)12-5-6-14(22)15(23)9-12/h5-6,9,13,16,24H,2-4,7-8,10H2,1H3,(H,25,27). The number of Topliss-reactive ketones (excluding diaryl/α,β-unsaturated/α-hetero) is 1. The SMILES string of the molecule is Cc1c(C(=O)NC2CNCCC2c2ccc(F)c(F)c2)oc2c1C(=O)CCC2. The molecule has 1 aromatic heterocycles. The Kier molecular flexibility index (Phi) is 5.02. The predicted octanol–water partition coefficient (Wildman–Crippen LogP) is 3.26. The monoisotopic (exact) mass is 388 g/mol. The van der Waals surface area contributed by atoms with Crippen molar-refractivity contribution in [1.82, 2.24) is 10.6 Å². The van der Waals surface area contributed by atoms with Crippen LogP contribution >= 0.6 is 0 Å². The fourth-order valence-electron chi connectivity index (χ4n) is 4.25. The molecule has 1 aliphatic heterocycles. The van der Waals surface area contributed by atoms with E-state index in [9.17, 15) is 18.4 Å². The zero-order valence-electron chi connectivity index (χ0n) is 15.6. The number of benzene rings is 1. The van der Waals surface area contributed by atoms with Gasteiger partial charge in [-0.3, -0.25) is 9.59 Å². The van der Waals surface area contributed by atoms with Crippen LogP contribution in [0.25, 0.3) is 0 Å². The number of nitrogens with one attached hydrogen (secondary N) is 2. The third kappa shape index (κ3) is 3.35. The molecular formula is C21H22F2N2O3. The van der Waals surface area contributed by atoms with E-state index < -0.39 is 11.6 Å². The van der Waals surface area contributed by atoms with Gasteiger partial charge in [0.15, 0.2) is 23.2 Å². The van der Waals surface area contributed by atoms with Crippen LogP contribution in [0.2, 0.25) is 0 Å². The van der Waals surface area contributed by atoms with Crippen molar-refractivity contribution in [2.45, 2.75) is 44.6 Å². The van der Waals surface area contributed by atoms with Crippen molar-refractivity contribution in [3.05, 3.63) is 58.0 Å². The quantitative estimate of drug-likeness (QED) is 0.847. The van der Waals surface area contributed by atoms with Gasteiger partial charge in [-0.2, -0.15) is 0 Å². The van der Waals surface area contributed by atoms with Gasteiger partial charge in [-0.05, 0) is 44.0 Å². The summed E-state index contributed by atoms with van der Waals surface area (Å²) in [5.41, 5.74) is 1.76. The first-order valence-electron chi connectivity index (χ1n) is 9.57. The van der Waals surface area contributed by atoms with Crippen LogP contribution in [0.1, 0.15) is 63.0 Å². The number of carbonyl (C=O) groups is 2. The molecule has 0 radical (unpaired) electrons. The number of furan rings is 1. The van der Waals surface area contributed by atoms with Crippen molar-refractivity contribution < 1.29 is 22.8 Å². The fourth-order valence-corrected chi connectivity index (χ4v) is 4.25. The Bertz CT molecular complexity index is 938. The number of rotatable bonds is 3. The molecule has 2 unspecified atom stereocenters. The van der Waals surface area contributed by atoms with Crippen LogP contribution in [-0.4, -0.2) is 30.8 Å². The van der Waals surface area contributed by atoms with Gasteiger partial charge in [0.05, 0.1) is 5.56 Å². The summed E-state index contributed by atoms with van der Waals surface area (Å²) in [6.45, 7) is 2.96. The lowest BCUT2D eigenvalue weighted by Crippen LogP contribution is -2.50. The number of amides is 1. The minimum Gasteiger partial charge on any atom is -0.455 e. The number of fused-ring (bicyclic) bond motifs is 1. The van der Waals surface area contributed by atoms with E-state index in [0.717, 1.165) is 19.0 Å². The molecule has 5 nitrogen and oxygen atoms in total. The summed E-state index contributed by atoms with van der Waals surface area (Å²) in [6, 6.07) is 3.56. The number of hydrogen-bond acceptors (Lipinski definition) is 4. The average Bonchev–Trinajstić information content (AvgIpc) is 3.02. The van der Waals surface area contributed by atoms with E-state index in [4.69, 9.17) is 4.42 Å². The molecule has 2 atom stereocenters. The largest absolute Gasteiger partial charge is 0.455 e. The van der Waals surface area contributed by atoms with E-state index in [2.05, 4.69) is 10.6 Å². The third-order valence-corrected chi connectivity index (χ3v) is 5.68. The van der Waals surface area contributed by atoms with Crippen molar-refractivity contribution >= 4 is 11.7 Å². The Labute approximate surface area is 161 Å². The number of aryl methyl sites for hydroxylation is 1. The number of piperidine rings is 1. The molecule has 1 saturated heterocycles. The summed E-state index contributed by atoms with van der Waals surface area (Å²) in [7, 11) is 0. The van der Waals surface area contributed by atoms with Gasteiger partial charge in [-0.15, -0.1) is 0 Å². The molecule has 2 aromatic rings. The van der Waals surface area contributed by atoms with E-state index in [1.165, 1.54) is 6.07 Å². The fraction of sp³-hybridized carbons (Fsp3) is 0.429. The first kappa shape index (κ1) is 18.8. The summed E-state index contributed by atoms with van der Waals surface area (Å²) < 4.78 is 32.7. The second-order valence-electron chi connectivity index (χ2n) is 7.48. The van der Waals surface area contributed by atoms with E-state index in [-0.39, 0.29) is 29.4 Å². The topological polar surface area (TPSA) is 71.3 Å². The Hall–Kier alpha value is -2.54. The maximum atomic E-state index is 13.7. The van der Waals surface area contributed by atoms with Crippen LogP contribution in [0.3, 0.4) is 0 Å². The first-order chi connectivity index (χ1) is 13.5. The molecule has 1 fully saturated rings. The smallest absolute Gasteiger partial charge is 0.287 e. The molecule has 0 saturated carbocycles. The number of hydrogen-bond donors (Lipinski definition) is 2. The van der Waals surface area contributed by atoms with Gasteiger partial charge >= 0.3 is 0 Å². The summed E-state index contributed by atoms with van der Waals surface area (Å²) in [5, 5.41) is 6.18. The number of carbonyl (C=O) groups excluding carboxylic acids is 2. The molecule has 0 bridgehead atoms. The average molecular weight is 388 g/mol. The number of halogens is 2. The highest BCUT2D eigenvalue weighted by atomic mass is 19.2. The first-order valence-corrected chi connectivity index (χ1v) is 9.57. The van der Waals surface area contributed by atoms with Crippen LogP contribution in [0.5, 0.6) is 0 Å². The third-order valence-electron chi connectivity index (χ3n) is 5.68. The highest BCUT2D eigenvalue weighted by Gasteiger charge is 2.32. The zero-order chi connectivity index (χ0) is 19.8. The van der Waals surface area contributed by atoms with Gasteiger partial charge in [0.2, 0.25) is 0 Å². The van der Waals surface area contributed by atoms with Crippen LogP contribution in [0.15, 0.2) is 22.6 Å². The summed E-state index contributed by atoms with van der Waals surface area (Å²) in [6.07, 6.45) is 2.53. The van der Waals surface area contributed by atoms with Crippen molar-refractivity contribution in [3.63, 3.8) is 0 Å². The molecule has 7 heteroatoms. The zero-order valence-corrected chi connectivity index (χ0v) is 15.6. The summed E-state index contributed by atoms with van der Waals surface area (Å²) >= 11 is 0. The molecule has 4 rings (SSSR count). The Morgan fingerprint density at radius 1 is 1.25 bits per heavy atom. The number of ketones is 1. The molecule has 1 amide bonds. The molecule has 148 valence electrons. The van der Waals surface area contributed by atoms with Gasteiger partial charge in [-0.25, -0.2) is 8.78 Å². The minimum absolute atomic E-state index is 0.0144. The summed E-state index contributed by atoms with van der Waals surface area (Å²) in [5.74, 6) is -1.56. The highest BCUT2D eigenvalue weighted by Crippen LogP contribution is 2.31. The predicted molar refractivity (Wildman–Crippen MR) is 98.6 cm³/mol. The van der Waals surface area contributed by atoms with Gasteiger partial charge in [0.25, 0.3) is 5.91 Å². The second kappa shape index (κ2) is 7.47. The Balaban J connectivity index is 1.57. The molecule has 2 aliphatic rings. The van der Waals surface area contributed by atoms with Gasteiger partial charge in [0.1, 0.15) is 5.76 Å². The van der Waals surface area contributed by atoms with Crippen LogP contribution in [-0.2, 0) is 6.42 Å². The molecule has 2 N–H and O–H groups in total. The highest BCUT2D eigenvalue weighted by molar-refractivity contribution is 6.03. The van der Waals surface area contributed by atoms with Crippen molar-refractivity contribution in [1.29, 1.82) is 0 Å². The minimum atomic E-state index is -0.894. The molecule has 1 aliphatic carbocycles. The second-order valence-corrected chi connectivity index (χ2v) is 7.48. The Morgan fingerprint density at radius 2 is 2.07 bits per heavy atom. The van der Waals surface area contributed by atoms with Crippen LogP contribution in [0, 0.1) is 18.6 Å². The van der Waals surface area contributed by atoms with Crippen molar-refractivity contribution in [2.24, 2.45) is 0 Å². The van der Waals surface area contributed by atoms with Gasteiger partial charge in [-0.1, -0.05) is 6.07 Å². The maximum Gasteiger partial charge on any atom is 0.287 e. The van der Waals surface area contributed by atoms with Crippen LogP contribution < -0.4 is 10.6 Å². The van der Waals surface area contributed by atoms with Crippen LogP contribution in [0.4, 0.5) is 8.78 Å². The lowest BCUT2D eigenvalue weighted by Gasteiger charge is -2.33. The molecule has 2 heterocycles. The molecular weight excluding hydrogens is 366 g/mol. The normalized spacial score (nSPS) is 22.0. The van der Waals surface area contributed by atoms with Gasteiger partial charge in [0, 0.05) is 36.9 Å². The van der Waals surface area contributed by atoms with E-state index in [1.54, 1.807) is 13.0 Å². The van der Waals surface area contributed by atoms with Crippen molar-refractivity contribution in [2.75, 3.05) is 13.1 Å². The molecule has 1 aromatic carbocycles. The van der Waals surface area contributed by atoms with Gasteiger partial charge < -0.3 is 15.1 Å². The van der Waals surface area contributed by atoms with E-state index >= 15 is 0 Å². The maximum absolute atomic E-state index is 13.7. The lowest BCUT2D eigenvalue weighted by atomic mass is 9.86. The van der Waals surface area contributed by atoms with E-state index in [0.29, 0.717) is 48.3 Å². The van der Waals surface area contributed by atoms with Crippen molar-refractivity contribution in [3.8, 4) is 0 Å². The lowest BCUT2D eigenvalue weighted by molar-refractivity contribution is 0.0891. The molecule has 28 heavy (non-hydrogen) atoms. The molecule has 0 spiro atoms. The summed E-state index contributed by atoms with van der Waals surface area (Å²) in [4.78, 5) is 25.0. The van der Waals surface area contributed by atoms with E-state index in [1.807, 2.05) is 0 Å².